The third-order valence-corrected chi connectivity index (χ3v) is 3.75. The van der Waals surface area contributed by atoms with Crippen LogP contribution in [0.5, 0.6) is 0 Å². The van der Waals surface area contributed by atoms with Crippen LogP contribution in [0, 0.1) is 31.1 Å². The highest BCUT2D eigenvalue weighted by molar-refractivity contribution is 6.02. The van der Waals surface area contributed by atoms with Gasteiger partial charge in [0, 0.05) is 5.56 Å². The zero-order valence-electron chi connectivity index (χ0n) is 14.0. The summed E-state index contributed by atoms with van der Waals surface area (Å²) in [7, 11) is 0. The van der Waals surface area contributed by atoms with Gasteiger partial charge in [-0.3, -0.25) is 9.78 Å². The number of nitrogens with zero attached hydrogens (tertiary/aromatic N) is 2. The van der Waals surface area contributed by atoms with Crippen LogP contribution < -0.4 is 5.73 Å². The summed E-state index contributed by atoms with van der Waals surface area (Å²) >= 11 is 0. The van der Waals surface area contributed by atoms with Gasteiger partial charge in [0.15, 0.2) is 0 Å². The molecule has 0 aliphatic heterocycles. The molecule has 0 saturated heterocycles. The first-order valence-electron chi connectivity index (χ1n) is 7.65. The fraction of sp³-hybridized carbons (Fsp3) is 0.316. The summed E-state index contributed by atoms with van der Waals surface area (Å²) in [5.41, 5.74) is 10.2. The van der Waals surface area contributed by atoms with Crippen molar-refractivity contribution in [3.8, 4) is 17.2 Å². The van der Waals surface area contributed by atoms with Gasteiger partial charge in [0.1, 0.15) is 6.07 Å². The quantitative estimate of drug-likeness (QED) is 0.938. The Morgan fingerprint density at radius 2 is 1.87 bits per heavy atom. The topological polar surface area (TPSA) is 79.8 Å². The minimum Gasteiger partial charge on any atom is -0.366 e. The second-order valence-electron chi connectivity index (χ2n) is 6.21. The summed E-state index contributed by atoms with van der Waals surface area (Å²) in [6.45, 7) is 7.91. The number of benzene rings is 1. The largest absolute Gasteiger partial charge is 0.366 e. The number of carbonyl (C=O) groups excluding carboxylic acids is 1. The average molecular weight is 307 g/mol. The molecule has 0 atom stereocenters. The van der Waals surface area contributed by atoms with E-state index in [9.17, 15) is 10.1 Å². The lowest BCUT2D eigenvalue weighted by Gasteiger charge is -2.16. The highest BCUT2D eigenvalue weighted by Crippen LogP contribution is 2.31. The van der Waals surface area contributed by atoms with Gasteiger partial charge in [-0.25, -0.2) is 0 Å². The molecule has 1 heterocycles. The number of hydrogen-bond acceptors (Lipinski definition) is 3. The van der Waals surface area contributed by atoms with E-state index in [-0.39, 0.29) is 0 Å². The van der Waals surface area contributed by atoms with E-state index >= 15 is 0 Å². The van der Waals surface area contributed by atoms with Crippen molar-refractivity contribution >= 4 is 5.91 Å². The Labute approximate surface area is 137 Å². The summed E-state index contributed by atoms with van der Waals surface area (Å²) in [6.07, 6.45) is 0.682. The van der Waals surface area contributed by atoms with Gasteiger partial charge in [-0.1, -0.05) is 43.7 Å². The van der Waals surface area contributed by atoms with Crippen molar-refractivity contribution < 1.29 is 4.79 Å². The predicted molar refractivity (Wildman–Crippen MR) is 90.9 cm³/mol. The van der Waals surface area contributed by atoms with Gasteiger partial charge >= 0.3 is 0 Å². The van der Waals surface area contributed by atoms with E-state index in [1.165, 1.54) is 0 Å². The first kappa shape index (κ1) is 16.7. The van der Waals surface area contributed by atoms with Crippen molar-refractivity contribution in [2.24, 2.45) is 11.7 Å². The van der Waals surface area contributed by atoms with Crippen LogP contribution in [-0.4, -0.2) is 10.9 Å². The van der Waals surface area contributed by atoms with Gasteiger partial charge in [0.25, 0.3) is 5.91 Å². The number of primary amides is 1. The van der Waals surface area contributed by atoms with E-state index < -0.39 is 5.91 Å². The van der Waals surface area contributed by atoms with Crippen molar-refractivity contribution in [1.29, 1.82) is 5.26 Å². The van der Waals surface area contributed by atoms with Gasteiger partial charge in [0.05, 0.1) is 22.5 Å². The molecule has 0 aliphatic rings. The molecule has 2 rings (SSSR count). The Bertz CT molecular complexity index is 784. The number of nitrogens with two attached hydrogens (primary N) is 1. The molecular weight excluding hydrogens is 286 g/mol. The molecule has 0 aliphatic carbocycles. The number of aromatic nitrogens is 1. The van der Waals surface area contributed by atoms with Gasteiger partial charge in [0.2, 0.25) is 0 Å². The SMILES string of the molecule is Cc1ccc(-c2c(C#N)c(CC(C)C)nc(C)c2C(N)=O)cc1. The van der Waals surface area contributed by atoms with Crippen LogP contribution in [0.25, 0.3) is 11.1 Å². The molecule has 0 saturated carbocycles. The van der Waals surface area contributed by atoms with Crippen LogP contribution >= 0.6 is 0 Å². The fourth-order valence-corrected chi connectivity index (χ4v) is 2.73. The van der Waals surface area contributed by atoms with Crippen LogP contribution in [0.3, 0.4) is 0 Å². The number of carbonyl (C=O) groups is 1. The number of hydrogen-bond donors (Lipinski definition) is 1. The molecule has 0 bridgehead atoms. The summed E-state index contributed by atoms with van der Waals surface area (Å²) in [4.78, 5) is 16.4. The monoisotopic (exact) mass is 307 g/mol. The molecule has 0 fully saturated rings. The average Bonchev–Trinajstić information content (AvgIpc) is 2.46. The normalized spacial score (nSPS) is 10.6. The number of rotatable bonds is 4. The first-order chi connectivity index (χ1) is 10.8. The third-order valence-electron chi connectivity index (χ3n) is 3.75. The zero-order chi connectivity index (χ0) is 17.1. The molecule has 0 unspecified atom stereocenters. The third kappa shape index (κ3) is 3.40. The molecule has 1 amide bonds. The smallest absolute Gasteiger partial charge is 0.251 e. The number of aryl methyl sites for hydroxylation is 2. The number of pyridine rings is 1. The molecule has 23 heavy (non-hydrogen) atoms. The van der Waals surface area contributed by atoms with Gasteiger partial charge in [-0.15, -0.1) is 0 Å². The molecule has 0 radical (unpaired) electrons. The zero-order valence-corrected chi connectivity index (χ0v) is 14.0. The van der Waals surface area contributed by atoms with E-state index in [0.717, 1.165) is 16.8 Å². The van der Waals surface area contributed by atoms with Crippen molar-refractivity contribution in [3.63, 3.8) is 0 Å². The van der Waals surface area contributed by atoms with Gasteiger partial charge in [-0.2, -0.15) is 5.26 Å². The standard InChI is InChI=1S/C19H21N3O/c1-11(2)9-16-15(10-20)18(14-7-5-12(3)6-8-14)17(19(21)23)13(4)22-16/h5-8,11H,9H2,1-4H3,(H2,21,23). The van der Waals surface area contributed by atoms with E-state index in [1.807, 2.05) is 31.2 Å². The van der Waals surface area contributed by atoms with Crippen molar-refractivity contribution in [3.05, 3.63) is 52.3 Å². The van der Waals surface area contributed by atoms with Crippen LogP contribution in [0.4, 0.5) is 0 Å². The molecular formula is C19H21N3O. The molecule has 2 N–H and O–H groups in total. The molecule has 118 valence electrons. The van der Waals surface area contributed by atoms with Crippen LogP contribution in [0.1, 0.15) is 46.7 Å². The van der Waals surface area contributed by atoms with E-state index in [1.54, 1.807) is 6.92 Å². The summed E-state index contributed by atoms with van der Waals surface area (Å²) in [6, 6.07) is 9.98. The maximum absolute atomic E-state index is 12.0. The fourth-order valence-electron chi connectivity index (χ4n) is 2.73. The Hall–Kier alpha value is -2.67. The Balaban J connectivity index is 2.84. The Morgan fingerprint density at radius 1 is 1.26 bits per heavy atom. The predicted octanol–water partition coefficient (Wildman–Crippen LogP) is 3.53. The van der Waals surface area contributed by atoms with Gasteiger partial charge in [-0.05, 0) is 31.7 Å². The highest BCUT2D eigenvalue weighted by Gasteiger charge is 2.22. The number of amides is 1. The van der Waals surface area contributed by atoms with Crippen LogP contribution in [0.2, 0.25) is 0 Å². The van der Waals surface area contributed by atoms with E-state index in [0.29, 0.717) is 34.7 Å². The van der Waals surface area contributed by atoms with Crippen molar-refractivity contribution in [1.82, 2.24) is 4.98 Å². The Kier molecular flexibility index (Phi) is 4.80. The van der Waals surface area contributed by atoms with E-state index in [2.05, 4.69) is 24.9 Å². The summed E-state index contributed by atoms with van der Waals surface area (Å²) in [5.74, 6) is -0.197. The van der Waals surface area contributed by atoms with Gasteiger partial charge < -0.3 is 5.73 Å². The van der Waals surface area contributed by atoms with Crippen LogP contribution in [0.15, 0.2) is 24.3 Å². The van der Waals surface area contributed by atoms with E-state index in [4.69, 9.17) is 5.73 Å². The lowest BCUT2D eigenvalue weighted by molar-refractivity contribution is 0.1000. The van der Waals surface area contributed by atoms with Crippen molar-refractivity contribution in [2.45, 2.75) is 34.1 Å². The summed E-state index contributed by atoms with van der Waals surface area (Å²) in [5, 5.41) is 9.68. The molecule has 4 heteroatoms. The lowest BCUT2D eigenvalue weighted by Crippen LogP contribution is -2.18. The maximum Gasteiger partial charge on any atom is 0.251 e. The minimum atomic E-state index is -0.557. The number of nitriles is 1. The Morgan fingerprint density at radius 3 is 2.35 bits per heavy atom. The van der Waals surface area contributed by atoms with Crippen LogP contribution in [-0.2, 0) is 6.42 Å². The van der Waals surface area contributed by atoms with Crippen molar-refractivity contribution in [2.75, 3.05) is 0 Å². The first-order valence-corrected chi connectivity index (χ1v) is 7.65. The minimum absolute atomic E-state index is 0.331. The lowest BCUT2D eigenvalue weighted by atomic mass is 9.90. The second-order valence-corrected chi connectivity index (χ2v) is 6.21. The molecule has 1 aromatic carbocycles. The summed E-state index contributed by atoms with van der Waals surface area (Å²) < 4.78 is 0. The molecule has 1 aromatic heterocycles. The highest BCUT2D eigenvalue weighted by atomic mass is 16.1. The molecule has 2 aromatic rings. The molecule has 4 nitrogen and oxygen atoms in total. The maximum atomic E-state index is 12.0. The second kappa shape index (κ2) is 6.62. The molecule has 0 spiro atoms.